The van der Waals surface area contributed by atoms with E-state index in [0.29, 0.717) is 52.4 Å². The second-order valence-corrected chi connectivity index (χ2v) is 9.26. The third-order valence-electron chi connectivity index (χ3n) is 6.89. The Kier molecular flexibility index (Phi) is 9.39. The van der Waals surface area contributed by atoms with Gasteiger partial charge in [0.15, 0.2) is 11.6 Å². The maximum absolute atomic E-state index is 13.5. The highest BCUT2D eigenvalue weighted by Gasteiger charge is 2.29. The van der Waals surface area contributed by atoms with Crippen molar-refractivity contribution in [2.24, 2.45) is 11.8 Å². The molecule has 0 N–H and O–H groups in total. The van der Waals surface area contributed by atoms with Crippen LogP contribution in [0.4, 0.5) is 0 Å². The van der Waals surface area contributed by atoms with Crippen LogP contribution in [0.5, 0.6) is 0 Å². The highest BCUT2D eigenvalue weighted by atomic mass is 16.5. The van der Waals surface area contributed by atoms with Gasteiger partial charge in [0.25, 0.3) is 0 Å². The molecular formula is C28H36N2O4. The third-order valence-corrected chi connectivity index (χ3v) is 6.89. The lowest BCUT2D eigenvalue weighted by molar-refractivity contribution is 0.0254. The van der Waals surface area contributed by atoms with Crippen LogP contribution in [0, 0.1) is 11.8 Å². The van der Waals surface area contributed by atoms with Gasteiger partial charge in [-0.3, -0.25) is 19.4 Å². The molecule has 6 heteroatoms. The van der Waals surface area contributed by atoms with E-state index in [9.17, 15) is 9.59 Å². The van der Waals surface area contributed by atoms with Gasteiger partial charge >= 0.3 is 0 Å². The molecule has 2 aliphatic heterocycles. The first-order valence-corrected chi connectivity index (χ1v) is 12.5. The molecule has 0 bridgehead atoms. The molecule has 0 spiro atoms. The quantitative estimate of drug-likeness (QED) is 0.475. The Bertz CT molecular complexity index is 818. The number of hydrogen-bond acceptors (Lipinski definition) is 6. The number of nitrogens with zero attached hydrogens (tertiary/aromatic N) is 2. The molecule has 0 aliphatic carbocycles. The summed E-state index contributed by atoms with van der Waals surface area (Å²) in [7, 11) is 0. The number of morpholine rings is 2. The lowest BCUT2D eigenvalue weighted by Crippen LogP contribution is -2.42. The molecule has 0 amide bonds. The van der Waals surface area contributed by atoms with Crippen molar-refractivity contribution in [3.63, 3.8) is 0 Å². The molecule has 0 saturated carbocycles. The summed E-state index contributed by atoms with van der Waals surface area (Å²) in [5.41, 5.74) is 1.50. The predicted octanol–water partition coefficient (Wildman–Crippen LogP) is 3.43. The Balaban J connectivity index is 1.49. The first-order chi connectivity index (χ1) is 16.7. The van der Waals surface area contributed by atoms with Crippen LogP contribution >= 0.6 is 0 Å². The summed E-state index contributed by atoms with van der Waals surface area (Å²) in [5.74, 6) is 0.0567. The van der Waals surface area contributed by atoms with Crippen molar-refractivity contribution < 1.29 is 19.1 Å². The summed E-state index contributed by atoms with van der Waals surface area (Å²) in [4.78, 5) is 31.6. The molecule has 0 aromatic heterocycles. The Morgan fingerprint density at radius 1 is 0.618 bits per heavy atom. The second-order valence-electron chi connectivity index (χ2n) is 9.26. The Hall–Kier alpha value is -2.38. The van der Waals surface area contributed by atoms with Gasteiger partial charge in [-0.2, -0.15) is 0 Å². The van der Waals surface area contributed by atoms with E-state index in [-0.39, 0.29) is 23.4 Å². The molecule has 0 radical (unpaired) electrons. The van der Waals surface area contributed by atoms with Gasteiger partial charge in [-0.25, -0.2) is 0 Å². The van der Waals surface area contributed by atoms with Gasteiger partial charge < -0.3 is 9.47 Å². The number of benzene rings is 2. The van der Waals surface area contributed by atoms with E-state index in [0.717, 1.165) is 37.3 Å². The van der Waals surface area contributed by atoms with Crippen molar-refractivity contribution in [1.29, 1.82) is 0 Å². The van der Waals surface area contributed by atoms with Crippen LogP contribution in [-0.4, -0.2) is 87.1 Å². The fraction of sp³-hybridized carbons (Fsp3) is 0.500. The summed E-state index contributed by atoms with van der Waals surface area (Å²) >= 11 is 0. The molecule has 2 saturated heterocycles. The molecule has 2 aromatic rings. The van der Waals surface area contributed by atoms with Crippen molar-refractivity contribution in [2.75, 3.05) is 65.7 Å². The average Bonchev–Trinajstić information content (AvgIpc) is 2.91. The van der Waals surface area contributed by atoms with Crippen LogP contribution in [0.2, 0.25) is 0 Å². The summed E-state index contributed by atoms with van der Waals surface area (Å²) in [6.45, 7) is 7.63. The van der Waals surface area contributed by atoms with Crippen molar-refractivity contribution in [3.8, 4) is 0 Å². The second kappa shape index (κ2) is 12.9. The van der Waals surface area contributed by atoms with E-state index in [2.05, 4.69) is 9.80 Å². The molecule has 4 rings (SSSR count). The molecule has 2 fully saturated rings. The van der Waals surface area contributed by atoms with Gasteiger partial charge in [0.05, 0.1) is 26.4 Å². The SMILES string of the molecule is O=C(c1ccccc1)[C@H](CC[C@H](CN1CCOCC1)C(=O)c1ccccc1)CN1CCOCC1. The fourth-order valence-corrected chi connectivity index (χ4v) is 4.88. The number of carbonyl (C=O) groups excluding carboxylic acids is 2. The molecule has 182 valence electrons. The fourth-order valence-electron chi connectivity index (χ4n) is 4.88. The van der Waals surface area contributed by atoms with Gasteiger partial charge in [0.2, 0.25) is 0 Å². The molecule has 2 aliphatic rings. The number of rotatable bonds is 11. The topological polar surface area (TPSA) is 59.1 Å². The highest BCUT2D eigenvalue weighted by molar-refractivity contribution is 5.99. The van der Waals surface area contributed by atoms with Gasteiger partial charge in [-0.05, 0) is 12.8 Å². The first-order valence-electron chi connectivity index (χ1n) is 12.5. The number of carbonyl (C=O) groups is 2. The van der Waals surface area contributed by atoms with E-state index >= 15 is 0 Å². The van der Waals surface area contributed by atoms with Gasteiger partial charge in [0, 0.05) is 62.2 Å². The molecular weight excluding hydrogens is 428 g/mol. The van der Waals surface area contributed by atoms with Gasteiger partial charge in [-0.15, -0.1) is 0 Å². The van der Waals surface area contributed by atoms with E-state index in [1.165, 1.54) is 0 Å². The standard InChI is InChI=1S/C28H36N2O4/c31-27(23-7-3-1-4-8-23)25(21-29-13-17-33-18-14-29)11-12-26(22-30-15-19-34-20-16-30)28(32)24-9-5-2-6-10-24/h1-10,25-26H,11-22H2/t25-,26-/m1/s1. The molecule has 34 heavy (non-hydrogen) atoms. The zero-order valence-electron chi connectivity index (χ0n) is 19.9. The zero-order valence-corrected chi connectivity index (χ0v) is 19.9. The average molecular weight is 465 g/mol. The maximum Gasteiger partial charge on any atom is 0.167 e. The molecule has 2 atom stereocenters. The molecule has 2 aromatic carbocycles. The maximum atomic E-state index is 13.5. The van der Waals surface area contributed by atoms with Crippen molar-refractivity contribution in [3.05, 3.63) is 71.8 Å². The summed E-state index contributed by atoms with van der Waals surface area (Å²) in [6, 6.07) is 19.1. The van der Waals surface area contributed by atoms with Crippen molar-refractivity contribution in [1.82, 2.24) is 9.80 Å². The lowest BCUT2D eigenvalue weighted by atomic mass is 9.86. The number of Topliss-reactive ketones (excluding diaryl/α,β-unsaturated/α-hetero) is 2. The van der Waals surface area contributed by atoms with E-state index in [4.69, 9.17) is 9.47 Å². The Morgan fingerprint density at radius 2 is 0.971 bits per heavy atom. The molecule has 2 heterocycles. The van der Waals surface area contributed by atoms with Gasteiger partial charge in [-0.1, -0.05) is 60.7 Å². The Morgan fingerprint density at radius 3 is 1.32 bits per heavy atom. The molecule has 0 unspecified atom stereocenters. The first kappa shape index (κ1) is 24.7. The minimum atomic E-state index is -0.142. The van der Waals surface area contributed by atoms with Crippen molar-refractivity contribution >= 4 is 11.6 Å². The van der Waals surface area contributed by atoms with E-state index < -0.39 is 0 Å². The van der Waals surface area contributed by atoms with E-state index in [1.54, 1.807) is 0 Å². The normalized spacial score (nSPS) is 19.4. The Labute approximate surface area is 202 Å². The van der Waals surface area contributed by atoms with Crippen LogP contribution in [0.25, 0.3) is 0 Å². The summed E-state index contributed by atoms with van der Waals surface area (Å²) < 4.78 is 11.0. The van der Waals surface area contributed by atoms with E-state index in [1.807, 2.05) is 60.7 Å². The third kappa shape index (κ3) is 7.06. The minimum absolute atomic E-state index is 0.142. The largest absolute Gasteiger partial charge is 0.379 e. The zero-order chi connectivity index (χ0) is 23.6. The minimum Gasteiger partial charge on any atom is -0.379 e. The predicted molar refractivity (Wildman–Crippen MR) is 132 cm³/mol. The van der Waals surface area contributed by atoms with Crippen LogP contribution < -0.4 is 0 Å². The molecule has 6 nitrogen and oxygen atoms in total. The monoisotopic (exact) mass is 464 g/mol. The summed E-state index contributed by atoms with van der Waals surface area (Å²) in [6.07, 6.45) is 1.39. The van der Waals surface area contributed by atoms with Crippen LogP contribution in [0.3, 0.4) is 0 Å². The number of hydrogen-bond donors (Lipinski definition) is 0. The number of ether oxygens (including phenoxy) is 2. The van der Waals surface area contributed by atoms with Crippen LogP contribution in [0.15, 0.2) is 60.7 Å². The smallest absolute Gasteiger partial charge is 0.167 e. The lowest BCUT2D eigenvalue weighted by Gasteiger charge is -2.32. The highest BCUT2D eigenvalue weighted by Crippen LogP contribution is 2.23. The van der Waals surface area contributed by atoms with Crippen molar-refractivity contribution in [2.45, 2.75) is 12.8 Å². The van der Waals surface area contributed by atoms with Crippen LogP contribution in [-0.2, 0) is 9.47 Å². The van der Waals surface area contributed by atoms with Gasteiger partial charge in [0.1, 0.15) is 0 Å². The number of ketones is 2. The summed E-state index contributed by atoms with van der Waals surface area (Å²) in [5, 5.41) is 0. The van der Waals surface area contributed by atoms with Crippen LogP contribution in [0.1, 0.15) is 33.6 Å².